The fourth-order valence-electron chi connectivity index (χ4n) is 2.69. The van der Waals surface area contributed by atoms with Gasteiger partial charge in [0.05, 0.1) is 5.69 Å². The standard InChI is InChI=1S/C14H17N3OS2/c1-19-14-15-10(8-13(18)16-14)9-17-6-2-4-11(17)12-5-3-7-20-12/h3,5,7-8,11H,2,4,6,9H2,1H3,(H,15,16,18)/t11-/m1/s1. The molecule has 20 heavy (non-hydrogen) atoms. The number of thioether (sulfide) groups is 1. The molecule has 0 unspecified atom stereocenters. The van der Waals surface area contributed by atoms with Crippen LogP contribution in [0.5, 0.6) is 0 Å². The average molecular weight is 307 g/mol. The summed E-state index contributed by atoms with van der Waals surface area (Å²) < 4.78 is 0. The van der Waals surface area contributed by atoms with Crippen LogP contribution in [0.1, 0.15) is 29.5 Å². The van der Waals surface area contributed by atoms with Crippen LogP contribution in [0.15, 0.2) is 33.5 Å². The zero-order chi connectivity index (χ0) is 13.9. The molecule has 1 aliphatic rings. The largest absolute Gasteiger partial charge is 0.301 e. The van der Waals surface area contributed by atoms with Gasteiger partial charge in [-0.2, -0.15) is 0 Å². The fourth-order valence-corrected chi connectivity index (χ4v) is 3.99. The molecular weight excluding hydrogens is 290 g/mol. The molecule has 0 saturated carbocycles. The third kappa shape index (κ3) is 2.97. The summed E-state index contributed by atoms with van der Waals surface area (Å²) in [6.45, 7) is 1.83. The summed E-state index contributed by atoms with van der Waals surface area (Å²) in [6, 6.07) is 6.40. The van der Waals surface area contributed by atoms with Crippen LogP contribution in [-0.4, -0.2) is 27.7 Å². The summed E-state index contributed by atoms with van der Waals surface area (Å²) >= 11 is 3.28. The smallest absolute Gasteiger partial charge is 0.251 e. The van der Waals surface area contributed by atoms with Crippen LogP contribution in [0.4, 0.5) is 0 Å². The Hall–Kier alpha value is -1.11. The van der Waals surface area contributed by atoms with Crippen molar-refractivity contribution in [2.45, 2.75) is 30.6 Å². The molecule has 0 amide bonds. The van der Waals surface area contributed by atoms with Crippen molar-refractivity contribution in [1.82, 2.24) is 14.9 Å². The quantitative estimate of drug-likeness (QED) is 0.697. The van der Waals surface area contributed by atoms with Crippen molar-refractivity contribution in [1.29, 1.82) is 0 Å². The zero-order valence-electron chi connectivity index (χ0n) is 11.3. The number of hydrogen-bond donors (Lipinski definition) is 1. The molecule has 2 aromatic rings. The lowest BCUT2D eigenvalue weighted by Crippen LogP contribution is -2.24. The average Bonchev–Trinajstić information content (AvgIpc) is 3.08. The second kappa shape index (κ2) is 6.11. The van der Waals surface area contributed by atoms with Gasteiger partial charge in [-0.25, -0.2) is 4.98 Å². The number of rotatable bonds is 4. The van der Waals surface area contributed by atoms with Crippen molar-refractivity contribution in [2.75, 3.05) is 12.8 Å². The number of hydrogen-bond acceptors (Lipinski definition) is 5. The van der Waals surface area contributed by atoms with Crippen LogP contribution in [0.2, 0.25) is 0 Å². The third-order valence-corrected chi connectivity index (χ3v) is 5.12. The molecule has 0 bridgehead atoms. The molecule has 0 aliphatic carbocycles. The summed E-state index contributed by atoms with van der Waals surface area (Å²) in [6.07, 6.45) is 4.33. The van der Waals surface area contributed by atoms with E-state index in [1.807, 2.05) is 17.6 Å². The van der Waals surface area contributed by atoms with E-state index in [2.05, 4.69) is 32.4 Å². The molecule has 3 rings (SSSR count). The number of aromatic amines is 1. The topological polar surface area (TPSA) is 49.0 Å². The third-order valence-electron chi connectivity index (χ3n) is 3.57. The lowest BCUT2D eigenvalue weighted by atomic mass is 10.2. The Kier molecular flexibility index (Phi) is 4.24. The molecule has 2 aromatic heterocycles. The first-order valence-electron chi connectivity index (χ1n) is 6.68. The van der Waals surface area contributed by atoms with E-state index in [-0.39, 0.29) is 5.56 Å². The summed E-state index contributed by atoms with van der Waals surface area (Å²) in [5.74, 6) is 0. The van der Waals surface area contributed by atoms with Crippen molar-refractivity contribution in [3.05, 3.63) is 44.5 Å². The second-order valence-corrected chi connectivity index (χ2v) is 6.66. The zero-order valence-corrected chi connectivity index (χ0v) is 13.0. The predicted molar refractivity (Wildman–Crippen MR) is 83.3 cm³/mol. The number of aromatic nitrogens is 2. The minimum atomic E-state index is -0.0637. The molecule has 1 atom stereocenters. The Morgan fingerprint density at radius 1 is 1.60 bits per heavy atom. The molecule has 4 nitrogen and oxygen atoms in total. The monoisotopic (exact) mass is 307 g/mol. The Morgan fingerprint density at radius 2 is 2.50 bits per heavy atom. The maximum absolute atomic E-state index is 11.6. The van der Waals surface area contributed by atoms with Gasteiger partial charge in [0, 0.05) is 23.5 Å². The van der Waals surface area contributed by atoms with Crippen LogP contribution in [0, 0.1) is 0 Å². The van der Waals surface area contributed by atoms with Crippen LogP contribution in [0.3, 0.4) is 0 Å². The molecular formula is C14H17N3OS2. The minimum absolute atomic E-state index is 0.0637. The van der Waals surface area contributed by atoms with Gasteiger partial charge in [0.15, 0.2) is 5.16 Å². The van der Waals surface area contributed by atoms with E-state index in [9.17, 15) is 4.79 Å². The summed E-state index contributed by atoms with van der Waals surface area (Å²) in [5.41, 5.74) is 0.799. The molecule has 1 N–H and O–H groups in total. The molecule has 0 spiro atoms. The molecule has 1 saturated heterocycles. The molecule has 1 fully saturated rings. The molecule has 6 heteroatoms. The Bertz CT molecular complexity index is 624. The van der Waals surface area contributed by atoms with Crippen molar-refractivity contribution in [3.8, 4) is 0 Å². The van der Waals surface area contributed by atoms with Crippen LogP contribution < -0.4 is 5.56 Å². The van der Waals surface area contributed by atoms with Crippen molar-refractivity contribution in [2.24, 2.45) is 0 Å². The maximum Gasteiger partial charge on any atom is 0.251 e. The van der Waals surface area contributed by atoms with Crippen molar-refractivity contribution in [3.63, 3.8) is 0 Å². The Morgan fingerprint density at radius 3 is 3.25 bits per heavy atom. The SMILES string of the molecule is CSc1nc(CN2CCC[C@@H]2c2cccs2)cc(=O)[nH]1. The maximum atomic E-state index is 11.6. The van der Waals surface area contributed by atoms with Gasteiger partial charge >= 0.3 is 0 Å². The first-order chi connectivity index (χ1) is 9.76. The molecule has 0 aromatic carbocycles. The van der Waals surface area contributed by atoms with Gasteiger partial charge in [0.1, 0.15) is 0 Å². The number of nitrogens with zero attached hydrogens (tertiary/aromatic N) is 2. The minimum Gasteiger partial charge on any atom is -0.301 e. The van der Waals surface area contributed by atoms with Crippen molar-refractivity contribution >= 4 is 23.1 Å². The highest BCUT2D eigenvalue weighted by Gasteiger charge is 2.27. The lowest BCUT2D eigenvalue weighted by molar-refractivity contribution is 0.248. The highest BCUT2D eigenvalue weighted by atomic mass is 32.2. The highest BCUT2D eigenvalue weighted by Crippen LogP contribution is 2.35. The Labute approximate surface area is 126 Å². The molecule has 1 aliphatic heterocycles. The Balaban J connectivity index is 1.80. The van der Waals surface area contributed by atoms with E-state index in [4.69, 9.17) is 0 Å². The van der Waals surface area contributed by atoms with Gasteiger partial charge in [-0.1, -0.05) is 17.8 Å². The highest BCUT2D eigenvalue weighted by molar-refractivity contribution is 7.98. The summed E-state index contributed by atoms with van der Waals surface area (Å²) in [5, 5.41) is 2.82. The van der Waals surface area contributed by atoms with Gasteiger partial charge in [-0.15, -0.1) is 11.3 Å². The van der Waals surface area contributed by atoms with Gasteiger partial charge in [0.2, 0.25) is 0 Å². The second-order valence-electron chi connectivity index (χ2n) is 4.89. The molecule has 106 valence electrons. The van der Waals surface area contributed by atoms with Crippen molar-refractivity contribution < 1.29 is 0 Å². The van der Waals surface area contributed by atoms with Gasteiger partial charge in [0.25, 0.3) is 5.56 Å². The fraction of sp³-hybridized carbons (Fsp3) is 0.429. The van der Waals surface area contributed by atoms with E-state index in [1.165, 1.54) is 29.5 Å². The summed E-state index contributed by atoms with van der Waals surface area (Å²) in [4.78, 5) is 22.7. The van der Waals surface area contributed by atoms with E-state index >= 15 is 0 Å². The number of thiophene rings is 1. The number of likely N-dealkylation sites (tertiary alicyclic amines) is 1. The van der Waals surface area contributed by atoms with Gasteiger partial charge < -0.3 is 4.98 Å². The number of nitrogens with one attached hydrogen (secondary N) is 1. The van der Waals surface area contributed by atoms with Crippen LogP contribution >= 0.6 is 23.1 Å². The normalized spacial score (nSPS) is 19.6. The van der Waals surface area contributed by atoms with Crippen LogP contribution in [-0.2, 0) is 6.54 Å². The van der Waals surface area contributed by atoms with E-state index in [1.54, 1.807) is 6.07 Å². The van der Waals surface area contributed by atoms with E-state index in [0.29, 0.717) is 11.2 Å². The molecule has 0 radical (unpaired) electrons. The summed E-state index contributed by atoms with van der Waals surface area (Å²) in [7, 11) is 0. The van der Waals surface area contributed by atoms with E-state index in [0.717, 1.165) is 18.8 Å². The predicted octanol–water partition coefficient (Wildman–Crippen LogP) is 2.89. The lowest BCUT2D eigenvalue weighted by Gasteiger charge is -2.23. The van der Waals surface area contributed by atoms with Gasteiger partial charge in [-0.3, -0.25) is 9.69 Å². The first kappa shape index (κ1) is 13.9. The van der Waals surface area contributed by atoms with Crippen LogP contribution in [0.25, 0.3) is 0 Å². The molecule has 3 heterocycles. The van der Waals surface area contributed by atoms with Gasteiger partial charge in [-0.05, 0) is 37.1 Å². The number of H-pyrrole nitrogens is 1. The van der Waals surface area contributed by atoms with E-state index < -0.39 is 0 Å². The first-order valence-corrected chi connectivity index (χ1v) is 8.78.